The van der Waals surface area contributed by atoms with Crippen LogP contribution in [-0.2, 0) is 6.42 Å². The lowest BCUT2D eigenvalue weighted by Crippen LogP contribution is -2.25. The fourth-order valence-electron chi connectivity index (χ4n) is 2.28. The molecule has 0 aliphatic carbocycles. The number of aryl methyl sites for hydroxylation is 1. The smallest absolute Gasteiger partial charge is 0.254 e. The van der Waals surface area contributed by atoms with Gasteiger partial charge in [0.15, 0.2) is 0 Å². The van der Waals surface area contributed by atoms with Crippen LogP contribution >= 0.6 is 11.8 Å². The molecule has 0 spiro atoms. The van der Waals surface area contributed by atoms with Crippen LogP contribution in [0.15, 0.2) is 47.6 Å². The second-order valence-electron chi connectivity index (χ2n) is 5.48. The quantitative estimate of drug-likeness (QED) is 0.626. The van der Waals surface area contributed by atoms with Gasteiger partial charge in [-0.25, -0.2) is 4.98 Å². The number of hydrogen-bond acceptors (Lipinski definition) is 4. The number of aromatic nitrogens is 1. The van der Waals surface area contributed by atoms with Crippen LogP contribution in [0.2, 0.25) is 0 Å². The largest absolute Gasteiger partial charge is 0.378 e. The van der Waals surface area contributed by atoms with Crippen LogP contribution in [0.25, 0.3) is 0 Å². The van der Waals surface area contributed by atoms with Gasteiger partial charge in [0, 0.05) is 32.5 Å². The lowest BCUT2D eigenvalue weighted by Gasteiger charge is -2.12. The molecular weight excluding hydrogens is 306 g/mol. The van der Waals surface area contributed by atoms with E-state index >= 15 is 0 Å². The van der Waals surface area contributed by atoms with Crippen molar-refractivity contribution in [2.75, 3.05) is 31.8 Å². The number of amides is 1. The Morgan fingerprint density at radius 3 is 2.61 bits per heavy atom. The molecule has 1 amide bonds. The Labute approximate surface area is 142 Å². The van der Waals surface area contributed by atoms with E-state index in [1.54, 1.807) is 12.3 Å². The first-order valence-electron chi connectivity index (χ1n) is 7.65. The third-order valence-corrected chi connectivity index (χ3v) is 4.30. The van der Waals surface area contributed by atoms with E-state index in [0.717, 1.165) is 17.9 Å². The van der Waals surface area contributed by atoms with Crippen LogP contribution in [0, 0.1) is 0 Å². The van der Waals surface area contributed by atoms with Crippen molar-refractivity contribution in [1.29, 1.82) is 0 Å². The molecule has 2 rings (SSSR count). The highest BCUT2D eigenvalue weighted by Crippen LogP contribution is 2.16. The van der Waals surface area contributed by atoms with Crippen LogP contribution in [0.1, 0.15) is 22.3 Å². The Balaban J connectivity index is 1.80. The Bertz CT molecular complexity index is 641. The van der Waals surface area contributed by atoms with Crippen molar-refractivity contribution < 1.29 is 4.79 Å². The van der Waals surface area contributed by atoms with Crippen molar-refractivity contribution in [1.82, 2.24) is 10.3 Å². The maximum absolute atomic E-state index is 12.2. The second kappa shape index (κ2) is 8.58. The Hall–Kier alpha value is -2.01. The van der Waals surface area contributed by atoms with Gasteiger partial charge >= 0.3 is 0 Å². The third-order valence-electron chi connectivity index (χ3n) is 3.59. The molecule has 0 bridgehead atoms. The van der Waals surface area contributed by atoms with Gasteiger partial charge in [-0.05, 0) is 48.9 Å². The first-order chi connectivity index (χ1) is 11.1. The van der Waals surface area contributed by atoms with Crippen LogP contribution in [0.3, 0.4) is 0 Å². The summed E-state index contributed by atoms with van der Waals surface area (Å²) in [5.74, 6) is -0.0506. The van der Waals surface area contributed by atoms with Gasteiger partial charge in [0.2, 0.25) is 0 Å². The highest BCUT2D eigenvalue weighted by Gasteiger charge is 2.10. The molecule has 1 aromatic carbocycles. The molecule has 0 saturated heterocycles. The fourth-order valence-corrected chi connectivity index (χ4v) is 2.82. The zero-order valence-electron chi connectivity index (χ0n) is 13.9. The third kappa shape index (κ3) is 4.99. The van der Waals surface area contributed by atoms with E-state index in [1.165, 1.54) is 23.0 Å². The summed E-state index contributed by atoms with van der Waals surface area (Å²) >= 11 is 1.49. The van der Waals surface area contributed by atoms with Gasteiger partial charge < -0.3 is 10.2 Å². The maximum atomic E-state index is 12.2. The highest BCUT2D eigenvalue weighted by atomic mass is 32.2. The SMILES string of the molecule is CSc1ncccc1C(=O)NCCCc1ccc(N(C)C)cc1. The number of carbonyl (C=O) groups excluding carboxylic acids is 1. The summed E-state index contributed by atoms with van der Waals surface area (Å²) in [5, 5.41) is 3.74. The van der Waals surface area contributed by atoms with Crippen molar-refractivity contribution >= 4 is 23.4 Å². The molecule has 2 aromatic rings. The van der Waals surface area contributed by atoms with Crippen molar-refractivity contribution in [2.24, 2.45) is 0 Å². The van der Waals surface area contributed by atoms with Crippen LogP contribution in [-0.4, -0.2) is 37.8 Å². The first-order valence-corrected chi connectivity index (χ1v) is 8.87. The number of nitrogens with one attached hydrogen (secondary N) is 1. The number of benzene rings is 1. The number of hydrogen-bond donors (Lipinski definition) is 1. The summed E-state index contributed by atoms with van der Waals surface area (Å²) in [5.41, 5.74) is 3.13. The van der Waals surface area contributed by atoms with E-state index in [9.17, 15) is 4.79 Å². The average Bonchev–Trinajstić information content (AvgIpc) is 2.58. The maximum Gasteiger partial charge on any atom is 0.254 e. The van der Waals surface area contributed by atoms with Gasteiger partial charge in [0.05, 0.1) is 5.56 Å². The van der Waals surface area contributed by atoms with Crippen molar-refractivity contribution in [3.05, 3.63) is 53.7 Å². The van der Waals surface area contributed by atoms with Crippen molar-refractivity contribution in [3.63, 3.8) is 0 Å². The predicted octanol–water partition coefficient (Wildman–Crippen LogP) is 3.23. The number of thioether (sulfide) groups is 1. The molecule has 1 N–H and O–H groups in total. The molecule has 1 heterocycles. The predicted molar refractivity (Wildman–Crippen MR) is 97.4 cm³/mol. The minimum atomic E-state index is -0.0506. The van der Waals surface area contributed by atoms with Crippen LogP contribution in [0.5, 0.6) is 0 Å². The van der Waals surface area contributed by atoms with Gasteiger partial charge in [-0.15, -0.1) is 11.8 Å². The summed E-state index contributed by atoms with van der Waals surface area (Å²) in [6.07, 6.45) is 5.51. The fraction of sp³-hybridized carbons (Fsp3) is 0.333. The summed E-state index contributed by atoms with van der Waals surface area (Å²) in [6.45, 7) is 0.664. The Kier molecular flexibility index (Phi) is 6.47. The Morgan fingerprint density at radius 1 is 1.22 bits per heavy atom. The van der Waals surface area contributed by atoms with Crippen LogP contribution < -0.4 is 10.2 Å². The molecule has 5 heteroatoms. The van der Waals surface area contributed by atoms with Crippen molar-refractivity contribution in [3.8, 4) is 0 Å². The summed E-state index contributed by atoms with van der Waals surface area (Å²) in [4.78, 5) is 18.5. The molecule has 0 saturated carbocycles. The molecule has 0 unspecified atom stereocenters. The minimum absolute atomic E-state index is 0.0506. The summed E-state index contributed by atoms with van der Waals surface area (Å²) in [7, 11) is 4.07. The van der Waals surface area contributed by atoms with Gasteiger partial charge in [-0.2, -0.15) is 0 Å². The van der Waals surface area contributed by atoms with Gasteiger partial charge in [-0.3, -0.25) is 4.79 Å². The number of nitrogens with zero attached hydrogens (tertiary/aromatic N) is 2. The first kappa shape index (κ1) is 17.3. The molecule has 1 aromatic heterocycles. The molecule has 0 fully saturated rings. The van der Waals surface area contributed by atoms with E-state index < -0.39 is 0 Å². The number of rotatable bonds is 7. The molecule has 122 valence electrons. The monoisotopic (exact) mass is 329 g/mol. The van der Waals surface area contributed by atoms with Gasteiger partial charge in [0.25, 0.3) is 5.91 Å². The van der Waals surface area contributed by atoms with E-state index in [1.807, 2.05) is 26.4 Å². The Morgan fingerprint density at radius 2 is 1.96 bits per heavy atom. The average molecular weight is 329 g/mol. The molecule has 0 aliphatic heterocycles. The summed E-state index contributed by atoms with van der Waals surface area (Å²) in [6, 6.07) is 12.1. The van der Waals surface area contributed by atoms with E-state index in [-0.39, 0.29) is 5.91 Å². The van der Waals surface area contributed by atoms with Gasteiger partial charge in [0.1, 0.15) is 5.03 Å². The van der Waals surface area contributed by atoms with E-state index in [4.69, 9.17) is 0 Å². The number of carbonyl (C=O) groups is 1. The molecule has 23 heavy (non-hydrogen) atoms. The topological polar surface area (TPSA) is 45.2 Å². The van der Waals surface area contributed by atoms with Gasteiger partial charge in [-0.1, -0.05) is 12.1 Å². The standard InChI is InChI=1S/C18H23N3OS/c1-21(2)15-10-8-14(9-11-15)6-4-12-19-17(22)16-7-5-13-20-18(16)23-3/h5,7-11,13H,4,6,12H2,1-3H3,(H,19,22). The van der Waals surface area contributed by atoms with Crippen molar-refractivity contribution in [2.45, 2.75) is 17.9 Å². The number of pyridine rings is 1. The van der Waals surface area contributed by atoms with E-state index in [0.29, 0.717) is 12.1 Å². The summed E-state index contributed by atoms with van der Waals surface area (Å²) < 4.78 is 0. The molecule has 0 aliphatic rings. The normalized spacial score (nSPS) is 10.4. The second-order valence-corrected chi connectivity index (χ2v) is 6.28. The van der Waals surface area contributed by atoms with E-state index in [2.05, 4.69) is 39.5 Å². The lowest BCUT2D eigenvalue weighted by atomic mass is 10.1. The highest BCUT2D eigenvalue weighted by molar-refractivity contribution is 7.98. The molecular formula is C18H23N3OS. The molecule has 4 nitrogen and oxygen atoms in total. The molecule has 0 radical (unpaired) electrons. The molecule has 0 atom stereocenters. The minimum Gasteiger partial charge on any atom is -0.378 e. The number of anilines is 1. The lowest BCUT2D eigenvalue weighted by molar-refractivity contribution is 0.0949. The zero-order chi connectivity index (χ0) is 16.7. The zero-order valence-corrected chi connectivity index (χ0v) is 14.7. The van der Waals surface area contributed by atoms with Crippen LogP contribution in [0.4, 0.5) is 5.69 Å².